The average molecular weight is 196 g/mol. The standard InChI is InChI=1S/C12H20O2/c1-4-5-6-10-7-11(13)8(2)9(3)12(10)14/h4-5,7-9,11-14H,6H2,1-3H3/b5-4+. The van der Waals surface area contributed by atoms with Gasteiger partial charge in [-0.1, -0.05) is 32.1 Å². The van der Waals surface area contributed by atoms with Crippen LogP contribution in [0, 0.1) is 11.8 Å². The van der Waals surface area contributed by atoms with E-state index in [2.05, 4.69) is 0 Å². The van der Waals surface area contributed by atoms with Crippen molar-refractivity contribution in [2.45, 2.75) is 39.4 Å². The molecule has 0 saturated carbocycles. The summed E-state index contributed by atoms with van der Waals surface area (Å²) in [6.07, 6.45) is 5.70. The molecule has 2 nitrogen and oxygen atoms in total. The largest absolute Gasteiger partial charge is 0.389 e. The number of hydrogen-bond acceptors (Lipinski definition) is 2. The molecule has 0 spiro atoms. The van der Waals surface area contributed by atoms with Gasteiger partial charge < -0.3 is 10.2 Å². The zero-order valence-electron chi connectivity index (χ0n) is 9.14. The molecule has 1 rings (SSSR count). The lowest BCUT2D eigenvalue weighted by Crippen LogP contribution is -2.36. The summed E-state index contributed by atoms with van der Waals surface area (Å²) in [4.78, 5) is 0. The molecule has 4 atom stereocenters. The van der Waals surface area contributed by atoms with Crippen LogP contribution in [0.2, 0.25) is 0 Å². The summed E-state index contributed by atoms with van der Waals surface area (Å²) in [5, 5.41) is 19.7. The Balaban J connectivity index is 2.78. The lowest BCUT2D eigenvalue weighted by molar-refractivity contribution is 0.0420. The van der Waals surface area contributed by atoms with Crippen molar-refractivity contribution in [3.8, 4) is 0 Å². The second kappa shape index (κ2) is 4.76. The minimum atomic E-state index is -0.409. The highest BCUT2D eigenvalue weighted by atomic mass is 16.3. The molecule has 1 aliphatic carbocycles. The van der Waals surface area contributed by atoms with Crippen molar-refractivity contribution in [2.24, 2.45) is 11.8 Å². The smallest absolute Gasteiger partial charge is 0.0783 e. The maximum Gasteiger partial charge on any atom is 0.0783 e. The summed E-state index contributed by atoms with van der Waals surface area (Å²) in [7, 11) is 0. The predicted octanol–water partition coefficient (Wildman–Crippen LogP) is 1.89. The average Bonchev–Trinajstić information content (AvgIpc) is 2.18. The van der Waals surface area contributed by atoms with E-state index >= 15 is 0 Å². The van der Waals surface area contributed by atoms with E-state index in [0.717, 1.165) is 12.0 Å². The minimum Gasteiger partial charge on any atom is -0.389 e. The van der Waals surface area contributed by atoms with E-state index < -0.39 is 12.2 Å². The van der Waals surface area contributed by atoms with Crippen LogP contribution < -0.4 is 0 Å². The Kier molecular flexibility index (Phi) is 3.90. The van der Waals surface area contributed by atoms with Crippen LogP contribution in [0.25, 0.3) is 0 Å². The molecule has 0 radical (unpaired) electrons. The van der Waals surface area contributed by atoms with Gasteiger partial charge in [0.2, 0.25) is 0 Å². The molecule has 0 saturated heterocycles. The van der Waals surface area contributed by atoms with Gasteiger partial charge in [0, 0.05) is 0 Å². The van der Waals surface area contributed by atoms with Gasteiger partial charge in [-0.05, 0) is 30.8 Å². The Morgan fingerprint density at radius 1 is 1.29 bits per heavy atom. The zero-order chi connectivity index (χ0) is 10.7. The van der Waals surface area contributed by atoms with E-state index in [1.807, 2.05) is 32.9 Å². The second-order valence-corrected chi connectivity index (χ2v) is 4.17. The van der Waals surface area contributed by atoms with Crippen molar-refractivity contribution in [3.63, 3.8) is 0 Å². The number of rotatable bonds is 2. The summed E-state index contributed by atoms with van der Waals surface area (Å²) in [5.74, 6) is 0.273. The van der Waals surface area contributed by atoms with Gasteiger partial charge in [-0.3, -0.25) is 0 Å². The highest BCUT2D eigenvalue weighted by molar-refractivity contribution is 5.20. The second-order valence-electron chi connectivity index (χ2n) is 4.17. The van der Waals surface area contributed by atoms with Crippen LogP contribution in [0.3, 0.4) is 0 Å². The third-order valence-corrected chi connectivity index (χ3v) is 3.22. The van der Waals surface area contributed by atoms with Crippen LogP contribution in [0.15, 0.2) is 23.8 Å². The molecule has 0 amide bonds. The van der Waals surface area contributed by atoms with Gasteiger partial charge in [-0.15, -0.1) is 0 Å². The first-order valence-electron chi connectivity index (χ1n) is 5.25. The highest BCUT2D eigenvalue weighted by Crippen LogP contribution is 2.31. The van der Waals surface area contributed by atoms with Crippen LogP contribution in [-0.2, 0) is 0 Å². The van der Waals surface area contributed by atoms with Gasteiger partial charge in [0.05, 0.1) is 12.2 Å². The molecule has 0 aromatic heterocycles. The predicted molar refractivity (Wildman–Crippen MR) is 57.9 cm³/mol. The molecule has 0 aromatic rings. The quantitative estimate of drug-likeness (QED) is 0.662. The van der Waals surface area contributed by atoms with Crippen molar-refractivity contribution in [3.05, 3.63) is 23.8 Å². The van der Waals surface area contributed by atoms with Crippen LogP contribution in [-0.4, -0.2) is 22.4 Å². The van der Waals surface area contributed by atoms with Crippen molar-refractivity contribution in [2.75, 3.05) is 0 Å². The molecule has 4 unspecified atom stereocenters. The molecular formula is C12H20O2. The first-order chi connectivity index (χ1) is 6.57. The normalized spacial score (nSPS) is 38.8. The summed E-state index contributed by atoms with van der Waals surface area (Å²) in [6.45, 7) is 5.92. The fraction of sp³-hybridized carbons (Fsp3) is 0.667. The lowest BCUT2D eigenvalue weighted by Gasteiger charge is -2.34. The molecular weight excluding hydrogens is 176 g/mol. The summed E-state index contributed by atoms with van der Waals surface area (Å²) in [5.41, 5.74) is 0.946. The van der Waals surface area contributed by atoms with Gasteiger partial charge in [0.1, 0.15) is 0 Å². The van der Waals surface area contributed by atoms with E-state index in [4.69, 9.17) is 0 Å². The fourth-order valence-corrected chi connectivity index (χ4v) is 1.85. The van der Waals surface area contributed by atoms with E-state index in [1.54, 1.807) is 6.08 Å². The maximum absolute atomic E-state index is 9.94. The fourth-order valence-electron chi connectivity index (χ4n) is 1.85. The van der Waals surface area contributed by atoms with Crippen LogP contribution >= 0.6 is 0 Å². The Morgan fingerprint density at radius 2 is 1.93 bits per heavy atom. The summed E-state index contributed by atoms with van der Waals surface area (Å²) < 4.78 is 0. The van der Waals surface area contributed by atoms with E-state index in [0.29, 0.717) is 0 Å². The van der Waals surface area contributed by atoms with Gasteiger partial charge in [-0.2, -0.15) is 0 Å². The highest BCUT2D eigenvalue weighted by Gasteiger charge is 2.32. The Hall–Kier alpha value is -0.600. The molecule has 2 heteroatoms. The van der Waals surface area contributed by atoms with Gasteiger partial charge in [0.15, 0.2) is 0 Å². The number of allylic oxidation sites excluding steroid dienone is 2. The topological polar surface area (TPSA) is 40.5 Å². The molecule has 80 valence electrons. The molecule has 0 bridgehead atoms. The molecule has 0 aliphatic heterocycles. The molecule has 0 aromatic carbocycles. The van der Waals surface area contributed by atoms with Crippen molar-refractivity contribution in [1.29, 1.82) is 0 Å². The zero-order valence-corrected chi connectivity index (χ0v) is 9.14. The third kappa shape index (κ3) is 2.25. The first-order valence-corrected chi connectivity index (χ1v) is 5.25. The molecule has 14 heavy (non-hydrogen) atoms. The van der Waals surface area contributed by atoms with E-state index in [1.165, 1.54) is 0 Å². The Morgan fingerprint density at radius 3 is 2.50 bits per heavy atom. The molecule has 2 N–H and O–H groups in total. The SMILES string of the molecule is C/C=C/CC1=CC(O)C(C)C(C)C1O. The Labute approximate surface area is 86.0 Å². The lowest BCUT2D eigenvalue weighted by atomic mass is 9.77. The summed E-state index contributed by atoms with van der Waals surface area (Å²) in [6, 6.07) is 0. The van der Waals surface area contributed by atoms with E-state index in [9.17, 15) is 10.2 Å². The van der Waals surface area contributed by atoms with Gasteiger partial charge in [-0.25, -0.2) is 0 Å². The van der Waals surface area contributed by atoms with Crippen molar-refractivity contribution >= 4 is 0 Å². The van der Waals surface area contributed by atoms with E-state index in [-0.39, 0.29) is 11.8 Å². The maximum atomic E-state index is 9.94. The first kappa shape index (κ1) is 11.5. The summed E-state index contributed by atoms with van der Waals surface area (Å²) >= 11 is 0. The van der Waals surface area contributed by atoms with Gasteiger partial charge >= 0.3 is 0 Å². The number of aliphatic hydroxyl groups excluding tert-OH is 2. The van der Waals surface area contributed by atoms with Crippen LogP contribution in [0.5, 0.6) is 0 Å². The van der Waals surface area contributed by atoms with Crippen molar-refractivity contribution < 1.29 is 10.2 Å². The van der Waals surface area contributed by atoms with Crippen molar-refractivity contribution in [1.82, 2.24) is 0 Å². The monoisotopic (exact) mass is 196 g/mol. The number of hydrogen-bond donors (Lipinski definition) is 2. The van der Waals surface area contributed by atoms with Crippen LogP contribution in [0.4, 0.5) is 0 Å². The third-order valence-electron chi connectivity index (χ3n) is 3.22. The van der Waals surface area contributed by atoms with Gasteiger partial charge in [0.25, 0.3) is 0 Å². The van der Waals surface area contributed by atoms with Crippen LogP contribution in [0.1, 0.15) is 27.2 Å². The molecule has 0 heterocycles. The molecule has 0 fully saturated rings. The molecule has 1 aliphatic rings. The minimum absolute atomic E-state index is 0.134. The number of aliphatic hydroxyl groups is 2. The Bertz CT molecular complexity index is 243.